The summed E-state index contributed by atoms with van der Waals surface area (Å²) in [5, 5.41) is 0. The minimum absolute atomic E-state index is 0.0103. The smallest absolute Gasteiger partial charge is 0.231 e. The molecule has 0 radical (unpaired) electrons. The molecule has 0 saturated carbocycles. The molecular formula is C15H18O4. The van der Waals surface area contributed by atoms with Gasteiger partial charge in [-0.05, 0) is 24.6 Å². The topological polar surface area (TPSA) is 52.6 Å². The Morgan fingerprint density at radius 2 is 1.95 bits per heavy atom. The molecule has 1 aromatic carbocycles. The standard InChI is InChI=1S/C15H18O4/c1-2-3-4-5-12(16)9-13(17)11-6-7-14-15(8-11)19-10-18-14/h6-8H,2-5,9-10H2,1H3. The second-order valence-electron chi connectivity index (χ2n) is 4.66. The highest BCUT2D eigenvalue weighted by Crippen LogP contribution is 2.32. The number of rotatable bonds is 7. The number of Topliss-reactive ketones (excluding diaryl/α,β-unsaturated/α-hetero) is 2. The summed E-state index contributed by atoms with van der Waals surface area (Å²) in [6.45, 7) is 2.27. The molecule has 4 heteroatoms. The molecule has 0 atom stereocenters. The number of carbonyl (C=O) groups excluding carboxylic acids is 2. The van der Waals surface area contributed by atoms with Crippen molar-refractivity contribution in [1.82, 2.24) is 0 Å². The fourth-order valence-electron chi connectivity index (χ4n) is 2.01. The summed E-state index contributed by atoms with van der Waals surface area (Å²) in [6, 6.07) is 5.02. The lowest BCUT2D eigenvalue weighted by Crippen LogP contribution is -2.08. The summed E-state index contributed by atoms with van der Waals surface area (Å²) in [7, 11) is 0. The van der Waals surface area contributed by atoms with Gasteiger partial charge in [0.25, 0.3) is 0 Å². The maximum absolute atomic E-state index is 12.0. The molecule has 0 spiro atoms. The Balaban J connectivity index is 1.91. The zero-order valence-corrected chi connectivity index (χ0v) is 11.1. The van der Waals surface area contributed by atoms with Gasteiger partial charge in [0.15, 0.2) is 17.3 Å². The van der Waals surface area contributed by atoms with Gasteiger partial charge in [-0.1, -0.05) is 19.8 Å². The van der Waals surface area contributed by atoms with Gasteiger partial charge in [-0.15, -0.1) is 0 Å². The van der Waals surface area contributed by atoms with Crippen molar-refractivity contribution in [2.24, 2.45) is 0 Å². The van der Waals surface area contributed by atoms with E-state index in [1.54, 1.807) is 18.2 Å². The summed E-state index contributed by atoms with van der Waals surface area (Å²) >= 11 is 0. The van der Waals surface area contributed by atoms with Crippen molar-refractivity contribution in [3.05, 3.63) is 23.8 Å². The van der Waals surface area contributed by atoms with Crippen LogP contribution in [0.25, 0.3) is 0 Å². The lowest BCUT2D eigenvalue weighted by atomic mass is 10.0. The van der Waals surface area contributed by atoms with E-state index in [1.807, 2.05) is 0 Å². The van der Waals surface area contributed by atoms with Crippen LogP contribution in [0.5, 0.6) is 11.5 Å². The zero-order chi connectivity index (χ0) is 13.7. The van der Waals surface area contributed by atoms with Gasteiger partial charge < -0.3 is 9.47 Å². The molecule has 0 saturated heterocycles. The monoisotopic (exact) mass is 262 g/mol. The Morgan fingerprint density at radius 3 is 2.74 bits per heavy atom. The number of fused-ring (bicyclic) bond motifs is 1. The van der Waals surface area contributed by atoms with Gasteiger partial charge in [-0.2, -0.15) is 0 Å². The van der Waals surface area contributed by atoms with E-state index >= 15 is 0 Å². The van der Waals surface area contributed by atoms with E-state index in [4.69, 9.17) is 9.47 Å². The minimum atomic E-state index is -0.153. The third-order valence-electron chi connectivity index (χ3n) is 3.11. The van der Waals surface area contributed by atoms with Gasteiger partial charge in [-0.25, -0.2) is 0 Å². The van der Waals surface area contributed by atoms with Gasteiger partial charge in [0.2, 0.25) is 6.79 Å². The predicted octanol–water partition coefficient (Wildman–Crippen LogP) is 3.14. The Hall–Kier alpha value is -1.84. The molecule has 1 aliphatic heterocycles. The van der Waals surface area contributed by atoms with Crippen molar-refractivity contribution >= 4 is 11.6 Å². The summed E-state index contributed by atoms with van der Waals surface area (Å²) < 4.78 is 10.4. The van der Waals surface area contributed by atoms with Gasteiger partial charge in [0, 0.05) is 12.0 Å². The quantitative estimate of drug-likeness (QED) is 0.430. The molecule has 0 unspecified atom stereocenters. The summed E-state index contributed by atoms with van der Waals surface area (Å²) in [4.78, 5) is 23.6. The summed E-state index contributed by atoms with van der Waals surface area (Å²) in [5.41, 5.74) is 0.507. The Morgan fingerprint density at radius 1 is 1.16 bits per heavy atom. The van der Waals surface area contributed by atoms with E-state index in [0.29, 0.717) is 23.5 Å². The van der Waals surface area contributed by atoms with Crippen LogP contribution in [0, 0.1) is 0 Å². The molecule has 102 valence electrons. The van der Waals surface area contributed by atoms with E-state index in [9.17, 15) is 9.59 Å². The molecule has 1 heterocycles. The van der Waals surface area contributed by atoms with Crippen molar-refractivity contribution in [3.63, 3.8) is 0 Å². The third-order valence-corrected chi connectivity index (χ3v) is 3.11. The lowest BCUT2D eigenvalue weighted by Gasteiger charge is -2.02. The van der Waals surface area contributed by atoms with Crippen LogP contribution in [0.2, 0.25) is 0 Å². The molecule has 2 rings (SSSR count). The van der Waals surface area contributed by atoms with E-state index in [1.165, 1.54) is 0 Å². The van der Waals surface area contributed by atoms with Crippen LogP contribution in [0.1, 0.15) is 49.4 Å². The van der Waals surface area contributed by atoms with Crippen LogP contribution in [0.3, 0.4) is 0 Å². The first-order chi connectivity index (χ1) is 9.20. The number of carbonyl (C=O) groups is 2. The number of unbranched alkanes of at least 4 members (excludes halogenated alkanes) is 2. The Kier molecular flexibility index (Phi) is 4.55. The molecular weight excluding hydrogens is 244 g/mol. The third kappa shape index (κ3) is 3.56. The van der Waals surface area contributed by atoms with Crippen LogP contribution in [-0.2, 0) is 4.79 Å². The SMILES string of the molecule is CCCCCC(=O)CC(=O)c1ccc2c(c1)OCO2. The Bertz CT molecular complexity index is 479. The molecule has 0 bridgehead atoms. The summed E-state index contributed by atoms with van der Waals surface area (Å²) in [6.07, 6.45) is 3.44. The highest BCUT2D eigenvalue weighted by molar-refractivity contribution is 6.08. The molecule has 4 nitrogen and oxygen atoms in total. The molecule has 19 heavy (non-hydrogen) atoms. The number of hydrogen-bond acceptors (Lipinski definition) is 4. The summed E-state index contributed by atoms with van der Waals surface area (Å²) in [5.74, 6) is 1.08. The van der Waals surface area contributed by atoms with Crippen LogP contribution in [0.15, 0.2) is 18.2 Å². The molecule has 0 N–H and O–H groups in total. The fourth-order valence-corrected chi connectivity index (χ4v) is 2.01. The van der Waals surface area contributed by atoms with Crippen LogP contribution in [-0.4, -0.2) is 18.4 Å². The van der Waals surface area contributed by atoms with Gasteiger partial charge >= 0.3 is 0 Å². The predicted molar refractivity (Wildman–Crippen MR) is 70.7 cm³/mol. The van der Waals surface area contributed by atoms with Crippen LogP contribution in [0.4, 0.5) is 0 Å². The van der Waals surface area contributed by atoms with E-state index in [2.05, 4.69) is 6.92 Å². The van der Waals surface area contributed by atoms with E-state index in [0.717, 1.165) is 19.3 Å². The molecule has 0 fully saturated rings. The molecule has 1 aromatic rings. The largest absolute Gasteiger partial charge is 0.454 e. The van der Waals surface area contributed by atoms with Crippen LogP contribution < -0.4 is 9.47 Å². The van der Waals surface area contributed by atoms with Crippen molar-refractivity contribution in [1.29, 1.82) is 0 Å². The van der Waals surface area contributed by atoms with Crippen molar-refractivity contribution in [2.45, 2.75) is 39.0 Å². The molecule has 1 aliphatic rings. The second-order valence-corrected chi connectivity index (χ2v) is 4.66. The average Bonchev–Trinajstić information content (AvgIpc) is 2.86. The van der Waals surface area contributed by atoms with E-state index in [-0.39, 0.29) is 24.8 Å². The Labute approximate surface area is 112 Å². The molecule has 0 aromatic heterocycles. The second kappa shape index (κ2) is 6.36. The number of benzene rings is 1. The first-order valence-electron chi connectivity index (χ1n) is 6.65. The van der Waals surface area contributed by atoms with Crippen molar-refractivity contribution in [2.75, 3.05) is 6.79 Å². The van der Waals surface area contributed by atoms with Gasteiger partial charge in [0.05, 0.1) is 6.42 Å². The fraction of sp³-hybridized carbons (Fsp3) is 0.467. The zero-order valence-electron chi connectivity index (χ0n) is 11.1. The molecule has 0 amide bonds. The number of ketones is 2. The number of ether oxygens (including phenoxy) is 2. The normalized spacial score (nSPS) is 12.5. The molecule has 0 aliphatic carbocycles. The van der Waals surface area contributed by atoms with Crippen molar-refractivity contribution in [3.8, 4) is 11.5 Å². The average molecular weight is 262 g/mol. The highest BCUT2D eigenvalue weighted by Gasteiger charge is 2.17. The first kappa shape index (κ1) is 13.6. The van der Waals surface area contributed by atoms with Gasteiger partial charge in [0.1, 0.15) is 5.78 Å². The number of hydrogen-bond donors (Lipinski definition) is 0. The maximum Gasteiger partial charge on any atom is 0.231 e. The van der Waals surface area contributed by atoms with Crippen LogP contribution >= 0.6 is 0 Å². The van der Waals surface area contributed by atoms with Gasteiger partial charge in [-0.3, -0.25) is 9.59 Å². The first-order valence-corrected chi connectivity index (χ1v) is 6.65. The van der Waals surface area contributed by atoms with Crippen molar-refractivity contribution < 1.29 is 19.1 Å². The van der Waals surface area contributed by atoms with E-state index < -0.39 is 0 Å². The maximum atomic E-state index is 12.0. The minimum Gasteiger partial charge on any atom is -0.454 e. The highest BCUT2D eigenvalue weighted by atomic mass is 16.7. The lowest BCUT2D eigenvalue weighted by molar-refractivity contribution is -0.118.